The summed E-state index contributed by atoms with van der Waals surface area (Å²) in [4.78, 5) is 0. The molecule has 4 heteroatoms. The van der Waals surface area contributed by atoms with Crippen LogP contribution in [0.25, 0.3) is 10.1 Å². The second-order valence-corrected chi connectivity index (χ2v) is 6.35. The molecule has 0 aliphatic carbocycles. The number of thiophene rings is 1. The molecular weight excluding hydrogens is 278 g/mol. The largest absolute Gasteiger partial charge is 0.313 e. The number of rotatable bonds is 6. The van der Waals surface area contributed by atoms with Gasteiger partial charge in [-0.3, -0.25) is 4.68 Å². The minimum absolute atomic E-state index is 0.946. The molecule has 0 spiro atoms. The van der Waals surface area contributed by atoms with Gasteiger partial charge < -0.3 is 5.32 Å². The Labute approximate surface area is 129 Å². The number of aryl methyl sites for hydroxylation is 3. The van der Waals surface area contributed by atoms with Crippen molar-refractivity contribution in [1.82, 2.24) is 15.1 Å². The average molecular weight is 299 g/mol. The SMILES string of the molecule is Cc1cc(C)n(CCCNCc2csc3ccccc23)n1. The van der Waals surface area contributed by atoms with E-state index in [9.17, 15) is 0 Å². The summed E-state index contributed by atoms with van der Waals surface area (Å²) in [5, 5.41) is 11.7. The molecule has 0 fully saturated rings. The molecule has 0 atom stereocenters. The van der Waals surface area contributed by atoms with Gasteiger partial charge in [-0.05, 0) is 55.3 Å². The van der Waals surface area contributed by atoms with Crippen molar-refractivity contribution in [3.8, 4) is 0 Å². The predicted molar refractivity (Wildman–Crippen MR) is 89.8 cm³/mol. The highest BCUT2D eigenvalue weighted by Crippen LogP contribution is 2.25. The fourth-order valence-electron chi connectivity index (χ4n) is 2.65. The highest BCUT2D eigenvalue weighted by Gasteiger charge is 2.03. The van der Waals surface area contributed by atoms with E-state index in [0.717, 1.165) is 31.7 Å². The van der Waals surface area contributed by atoms with E-state index in [1.807, 2.05) is 18.3 Å². The van der Waals surface area contributed by atoms with E-state index < -0.39 is 0 Å². The lowest BCUT2D eigenvalue weighted by molar-refractivity contribution is 0.532. The van der Waals surface area contributed by atoms with Gasteiger partial charge in [0.15, 0.2) is 0 Å². The molecule has 3 aromatic rings. The van der Waals surface area contributed by atoms with Gasteiger partial charge in [-0.2, -0.15) is 5.10 Å². The molecule has 3 rings (SSSR count). The molecule has 0 saturated carbocycles. The summed E-state index contributed by atoms with van der Waals surface area (Å²) in [5.74, 6) is 0. The number of benzene rings is 1. The second-order valence-electron chi connectivity index (χ2n) is 5.44. The first-order valence-electron chi connectivity index (χ1n) is 7.41. The van der Waals surface area contributed by atoms with Gasteiger partial charge in [-0.15, -0.1) is 11.3 Å². The van der Waals surface area contributed by atoms with Gasteiger partial charge >= 0.3 is 0 Å². The first-order chi connectivity index (χ1) is 10.2. The van der Waals surface area contributed by atoms with Crippen LogP contribution < -0.4 is 5.32 Å². The number of aromatic nitrogens is 2. The third-order valence-electron chi connectivity index (χ3n) is 3.70. The van der Waals surface area contributed by atoms with E-state index >= 15 is 0 Å². The fraction of sp³-hybridized carbons (Fsp3) is 0.353. The smallest absolute Gasteiger partial charge is 0.0596 e. The number of nitrogens with one attached hydrogen (secondary N) is 1. The van der Waals surface area contributed by atoms with Crippen LogP contribution in [0.3, 0.4) is 0 Å². The molecule has 3 nitrogen and oxygen atoms in total. The monoisotopic (exact) mass is 299 g/mol. The van der Waals surface area contributed by atoms with E-state index in [0.29, 0.717) is 0 Å². The van der Waals surface area contributed by atoms with Gasteiger partial charge in [0.25, 0.3) is 0 Å². The Morgan fingerprint density at radius 2 is 2.10 bits per heavy atom. The van der Waals surface area contributed by atoms with Crippen molar-refractivity contribution < 1.29 is 0 Å². The zero-order valence-corrected chi connectivity index (χ0v) is 13.4. The van der Waals surface area contributed by atoms with Crippen LogP contribution in [0, 0.1) is 13.8 Å². The normalized spacial score (nSPS) is 11.3. The first kappa shape index (κ1) is 14.3. The van der Waals surface area contributed by atoms with Crippen LogP contribution >= 0.6 is 11.3 Å². The Hall–Kier alpha value is -1.65. The van der Waals surface area contributed by atoms with Gasteiger partial charge in [0.05, 0.1) is 5.69 Å². The Bertz CT molecular complexity index is 727. The van der Waals surface area contributed by atoms with Crippen molar-refractivity contribution in [2.45, 2.75) is 33.4 Å². The van der Waals surface area contributed by atoms with Crippen LogP contribution in [-0.4, -0.2) is 16.3 Å². The van der Waals surface area contributed by atoms with E-state index in [1.165, 1.54) is 21.3 Å². The van der Waals surface area contributed by atoms with Gasteiger partial charge in [0, 0.05) is 23.5 Å². The van der Waals surface area contributed by atoms with Crippen LogP contribution in [0.2, 0.25) is 0 Å². The number of fused-ring (bicyclic) bond motifs is 1. The van der Waals surface area contributed by atoms with Crippen LogP contribution in [0.4, 0.5) is 0 Å². The van der Waals surface area contributed by atoms with Gasteiger partial charge in [0.1, 0.15) is 0 Å². The minimum Gasteiger partial charge on any atom is -0.313 e. The summed E-state index contributed by atoms with van der Waals surface area (Å²) in [6.45, 7) is 7.11. The minimum atomic E-state index is 0.946. The molecule has 0 aliphatic heterocycles. The third kappa shape index (κ3) is 3.34. The predicted octanol–water partition coefficient (Wildman–Crippen LogP) is 3.89. The molecule has 2 heterocycles. The Morgan fingerprint density at radius 1 is 1.24 bits per heavy atom. The topological polar surface area (TPSA) is 29.9 Å². The number of hydrogen-bond donors (Lipinski definition) is 1. The highest BCUT2D eigenvalue weighted by atomic mass is 32.1. The Kier molecular flexibility index (Phi) is 4.36. The molecule has 0 bridgehead atoms. The van der Waals surface area contributed by atoms with E-state index in [1.54, 1.807) is 0 Å². The summed E-state index contributed by atoms with van der Waals surface area (Å²) < 4.78 is 3.47. The van der Waals surface area contributed by atoms with Crippen molar-refractivity contribution >= 4 is 21.4 Å². The molecule has 0 amide bonds. The third-order valence-corrected chi connectivity index (χ3v) is 4.72. The van der Waals surface area contributed by atoms with Crippen LogP contribution in [0.5, 0.6) is 0 Å². The lowest BCUT2D eigenvalue weighted by Crippen LogP contribution is -2.17. The highest BCUT2D eigenvalue weighted by molar-refractivity contribution is 7.17. The molecule has 0 radical (unpaired) electrons. The fourth-order valence-corrected chi connectivity index (χ4v) is 3.61. The zero-order valence-electron chi connectivity index (χ0n) is 12.6. The lowest BCUT2D eigenvalue weighted by atomic mass is 10.2. The summed E-state index contributed by atoms with van der Waals surface area (Å²) in [6.07, 6.45) is 1.10. The first-order valence-corrected chi connectivity index (χ1v) is 8.29. The number of nitrogens with zero attached hydrogens (tertiary/aromatic N) is 2. The maximum atomic E-state index is 4.49. The molecule has 0 aliphatic rings. The van der Waals surface area contributed by atoms with Crippen molar-refractivity contribution in [3.05, 3.63) is 52.7 Å². The zero-order chi connectivity index (χ0) is 14.7. The Balaban J connectivity index is 1.47. The second kappa shape index (κ2) is 6.41. The van der Waals surface area contributed by atoms with Gasteiger partial charge in [-0.25, -0.2) is 0 Å². The van der Waals surface area contributed by atoms with Gasteiger partial charge in [-0.1, -0.05) is 18.2 Å². The summed E-state index contributed by atoms with van der Waals surface area (Å²) in [7, 11) is 0. The van der Waals surface area contributed by atoms with E-state index in [2.05, 4.69) is 57.7 Å². The van der Waals surface area contributed by atoms with Crippen molar-refractivity contribution in [2.24, 2.45) is 0 Å². The molecular formula is C17H21N3S. The molecule has 1 aromatic carbocycles. The summed E-state index contributed by atoms with van der Waals surface area (Å²) >= 11 is 1.83. The molecule has 0 unspecified atom stereocenters. The summed E-state index contributed by atoms with van der Waals surface area (Å²) in [6, 6.07) is 10.7. The molecule has 2 aromatic heterocycles. The van der Waals surface area contributed by atoms with Crippen molar-refractivity contribution in [3.63, 3.8) is 0 Å². The number of hydrogen-bond acceptors (Lipinski definition) is 3. The summed E-state index contributed by atoms with van der Waals surface area (Å²) in [5.41, 5.74) is 3.75. The van der Waals surface area contributed by atoms with Crippen molar-refractivity contribution in [1.29, 1.82) is 0 Å². The van der Waals surface area contributed by atoms with Gasteiger partial charge in [0.2, 0.25) is 0 Å². The average Bonchev–Trinajstić information content (AvgIpc) is 3.02. The van der Waals surface area contributed by atoms with E-state index in [4.69, 9.17) is 0 Å². The lowest BCUT2D eigenvalue weighted by Gasteiger charge is -2.06. The molecule has 1 N–H and O–H groups in total. The molecule has 110 valence electrons. The molecule has 0 saturated heterocycles. The standard InChI is InChI=1S/C17H21N3S/c1-13-10-14(2)20(19-13)9-5-8-18-11-15-12-21-17-7-4-3-6-16(15)17/h3-4,6-7,10,12,18H,5,8-9,11H2,1-2H3. The van der Waals surface area contributed by atoms with Crippen molar-refractivity contribution in [2.75, 3.05) is 6.54 Å². The quantitative estimate of drug-likeness (QED) is 0.700. The van der Waals surface area contributed by atoms with Crippen LogP contribution in [0.1, 0.15) is 23.4 Å². The Morgan fingerprint density at radius 3 is 2.90 bits per heavy atom. The molecule has 21 heavy (non-hydrogen) atoms. The van der Waals surface area contributed by atoms with Crippen LogP contribution in [-0.2, 0) is 13.1 Å². The van der Waals surface area contributed by atoms with Crippen LogP contribution in [0.15, 0.2) is 35.7 Å². The maximum absolute atomic E-state index is 4.49. The maximum Gasteiger partial charge on any atom is 0.0596 e. The van der Waals surface area contributed by atoms with E-state index in [-0.39, 0.29) is 0 Å².